The van der Waals surface area contributed by atoms with Crippen LogP contribution in [-0.2, 0) is 5.54 Å². The summed E-state index contributed by atoms with van der Waals surface area (Å²) in [4.78, 5) is 3.83. The highest BCUT2D eigenvalue weighted by molar-refractivity contribution is 5.87. The molecule has 5 rings (SSSR count). The predicted molar refractivity (Wildman–Crippen MR) is 117 cm³/mol. The Balaban J connectivity index is 1.73. The van der Waals surface area contributed by atoms with Crippen LogP contribution < -0.4 is 14.8 Å². The number of rotatable bonds is 3. The molecule has 1 aliphatic heterocycles. The molecule has 4 nitrogen and oxygen atoms in total. The van der Waals surface area contributed by atoms with E-state index in [1.807, 2.05) is 6.07 Å². The second-order valence-electron chi connectivity index (χ2n) is 8.76. The summed E-state index contributed by atoms with van der Waals surface area (Å²) in [6, 6.07) is 14.9. The Bertz CT molecular complexity index is 1040. The third-order valence-corrected chi connectivity index (χ3v) is 7.02. The van der Waals surface area contributed by atoms with Crippen LogP contribution in [0.4, 0.5) is 0 Å². The first kappa shape index (κ1) is 18.6. The van der Waals surface area contributed by atoms with E-state index in [0.717, 1.165) is 24.0 Å². The van der Waals surface area contributed by atoms with Crippen LogP contribution in [-0.4, -0.2) is 25.7 Å². The molecule has 2 aliphatic rings. The maximum Gasteiger partial charge on any atom is 0.164 e. The maximum atomic E-state index is 5.82. The number of hydrogen-bond donors (Lipinski definition) is 2. The van der Waals surface area contributed by atoms with Gasteiger partial charge in [-0.1, -0.05) is 50.1 Å². The fraction of sp³-hybridized carbons (Fsp3) is 0.440. The van der Waals surface area contributed by atoms with Crippen LogP contribution in [0.25, 0.3) is 10.9 Å². The van der Waals surface area contributed by atoms with Gasteiger partial charge in [0, 0.05) is 34.6 Å². The normalized spacial score (nSPS) is 26.4. The van der Waals surface area contributed by atoms with Crippen LogP contribution in [0.15, 0.2) is 42.5 Å². The lowest BCUT2D eigenvalue weighted by atomic mass is 9.69. The molecule has 2 heterocycles. The van der Waals surface area contributed by atoms with Gasteiger partial charge in [-0.3, -0.25) is 0 Å². The Morgan fingerprint density at radius 3 is 2.69 bits per heavy atom. The molecule has 3 atom stereocenters. The van der Waals surface area contributed by atoms with Gasteiger partial charge < -0.3 is 19.8 Å². The molecule has 0 bridgehead atoms. The minimum atomic E-state index is 0.0502. The van der Waals surface area contributed by atoms with Crippen LogP contribution in [0.3, 0.4) is 0 Å². The quantitative estimate of drug-likeness (QED) is 0.636. The summed E-state index contributed by atoms with van der Waals surface area (Å²) in [5, 5.41) is 5.32. The molecule has 29 heavy (non-hydrogen) atoms. The number of H-pyrrole nitrogens is 1. The summed E-state index contributed by atoms with van der Waals surface area (Å²) in [7, 11) is 3.44. The second-order valence-corrected chi connectivity index (χ2v) is 8.76. The highest BCUT2D eigenvalue weighted by Crippen LogP contribution is 2.50. The molecule has 1 spiro atoms. The lowest BCUT2D eigenvalue weighted by Gasteiger charge is -2.46. The molecule has 1 aliphatic carbocycles. The van der Waals surface area contributed by atoms with E-state index >= 15 is 0 Å². The Morgan fingerprint density at radius 1 is 1.03 bits per heavy atom. The number of para-hydroxylation sites is 2. The van der Waals surface area contributed by atoms with E-state index in [-0.39, 0.29) is 11.5 Å². The zero-order valence-electron chi connectivity index (χ0n) is 17.5. The number of methoxy groups -OCH3 is 2. The van der Waals surface area contributed by atoms with Crippen LogP contribution in [0.2, 0.25) is 0 Å². The molecule has 152 valence electrons. The SMILES string of the molecule is COc1cccc([C@@H]2CN[C@]3(CCC[C@@H](C)C3)c3[nH]c4ccccc4c32)c1OC. The second kappa shape index (κ2) is 7.10. The standard InChI is InChI=1S/C25H30N2O2/c1-16-8-7-13-25(14-16)24-22(18-9-4-5-11-20(18)27-24)19(15-26-25)17-10-6-12-21(28-2)23(17)29-3/h4-6,9-12,16,19,26-27H,7-8,13-15H2,1-3H3/t16-,19+,25+/m1/s1. The van der Waals surface area contributed by atoms with Gasteiger partial charge in [0.2, 0.25) is 0 Å². The number of hydrogen-bond acceptors (Lipinski definition) is 3. The third-order valence-electron chi connectivity index (χ3n) is 7.02. The minimum Gasteiger partial charge on any atom is -0.493 e. The van der Waals surface area contributed by atoms with Crippen LogP contribution in [0.5, 0.6) is 11.5 Å². The molecule has 0 saturated heterocycles. The summed E-state index contributed by atoms with van der Waals surface area (Å²) >= 11 is 0. The average Bonchev–Trinajstić information content (AvgIpc) is 3.15. The summed E-state index contributed by atoms with van der Waals surface area (Å²) in [6.07, 6.45) is 4.98. The van der Waals surface area contributed by atoms with E-state index in [1.54, 1.807) is 14.2 Å². The Labute approximate surface area is 172 Å². The lowest BCUT2D eigenvalue weighted by molar-refractivity contribution is 0.171. The van der Waals surface area contributed by atoms with Crippen molar-refractivity contribution in [2.24, 2.45) is 5.92 Å². The monoisotopic (exact) mass is 390 g/mol. The van der Waals surface area contributed by atoms with Crippen molar-refractivity contribution >= 4 is 10.9 Å². The Hall–Kier alpha value is -2.46. The van der Waals surface area contributed by atoms with E-state index < -0.39 is 0 Å². The molecule has 1 aromatic heterocycles. The van der Waals surface area contributed by atoms with E-state index in [1.165, 1.54) is 53.4 Å². The summed E-state index contributed by atoms with van der Waals surface area (Å²) in [5.74, 6) is 2.58. The molecule has 0 radical (unpaired) electrons. The molecule has 0 unspecified atom stereocenters. The van der Waals surface area contributed by atoms with Gasteiger partial charge in [0.1, 0.15) is 0 Å². The fourth-order valence-corrected chi connectivity index (χ4v) is 5.78. The molecular formula is C25H30N2O2. The Kier molecular flexibility index (Phi) is 4.54. The first-order chi connectivity index (χ1) is 14.2. The van der Waals surface area contributed by atoms with E-state index in [9.17, 15) is 0 Å². The lowest BCUT2D eigenvalue weighted by Crippen LogP contribution is -2.51. The van der Waals surface area contributed by atoms with Crippen molar-refractivity contribution in [3.63, 3.8) is 0 Å². The van der Waals surface area contributed by atoms with Gasteiger partial charge in [0.15, 0.2) is 11.5 Å². The summed E-state index contributed by atoms with van der Waals surface area (Å²) in [5.41, 5.74) is 5.27. The molecule has 2 aromatic carbocycles. The number of aromatic amines is 1. The predicted octanol–water partition coefficient (Wildman–Crippen LogP) is 5.33. The summed E-state index contributed by atoms with van der Waals surface area (Å²) < 4.78 is 11.4. The molecule has 3 aromatic rings. The van der Waals surface area contributed by atoms with Crippen molar-refractivity contribution in [3.8, 4) is 11.5 Å². The van der Waals surface area contributed by atoms with E-state index in [2.05, 4.69) is 53.6 Å². The fourth-order valence-electron chi connectivity index (χ4n) is 5.78. The van der Waals surface area contributed by atoms with Gasteiger partial charge in [0.05, 0.1) is 19.8 Å². The molecule has 1 saturated carbocycles. The third kappa shape index (κ3) is 2.84. The van der Waals surface area contributed by atoms with Crippen molar-refractivity contribution in [3.05, 3.63) is 59.3 Å². The molecule has 2 N–H and O–H groups in total. The maximum absolute atomic E-state index is 5.82. The highest BCUT2D eigenvalue weighted by Gasteiger charge is 2.45. The van der Waals surface area contributed by atoms with Crippen molar-refractivity contribution in [1.29, 1.82) is 0 Å². The zero-order chi connectivity index (χ0) is 20.0. The molecule has 1 fully saturated rings. The van der Waals surface area contributed by atoms with Gasteiger partial charge in [-0.05, 0) is 36.5 Å². The van der Waals surface area contributed by atoms with Crippen molar-refractivity contribution in [1.82, 2.24) is 10.3 Å². The number of benzene rings is 2. The molecular weight excluding hydrogens is 360 g/mol. The average molecular weight is 391 g/mol. The summed E-state index contributed by atoms with van der Waals surface area (Å²) in [6.45, 7) is 3.30. The topological polar surface area (TPSA) is 46.3 Å². The number of aromatic nitrogens is 1. The van der Waals surface area contributed by atoms with Gasteiger partial charge >= 0.3 is 0 Å². The van der Waals surface area contributed by atoms with Crippen LogP contribution in [0.1, 0.15) is 55.3 Å². The van der Waals surface area contributed by atoms with Crippen molar-refractivity contribution in [2.75, 3.05) is 20.8 Å². The number of fused-ring (bicyclic) bond motifs is 4. The zero-order valence-corrected chi connectivity index (χ0v) is 17.5. The highest BCUT2D eigenvalue weighted by atomic mass is 16.5. The van der Waals surface area contributed by atoms with Crippen molar-refractivity contribution in [2.45, 2.75) is 44.1 Å². The van der Waals surface area contributed by atoms with Gasteiger partial charge in [-0.25, -0.2) is 0 Å². The van der Waals surface area contributed by atoms with Crippen molar-refractivity contribution < 1.29 is 9.47 Å². The first-order valence-corrected chi connectivity index (χ1v) is 10.7. The van der Waals surface area contributed by atoms with Gasteiger partial charge in [-0.2, -0.15) is 0 Å². The molecule has 0 amide bonds. The number of nitrogens with one attached hydrogen (secondary N) is 2. The minimum absolute atomic E-state index is 0.0502. The van der Waals surface area contributed by atoms with E-state index in [0.29, 0.717) is 0 Å². The van der Waals surface area contributed by atoms with Gasteiger partial charge in [0.25, 0.3) is 0 Å². The number of ether oxygens (including phenoxy) is 2. The Morgan fingerprint density at radius 2 is 1.90 bits per heavy atom. The molecule has 4 heteroatoms. The van der Waals surface area contributed by atoms with Crippen LogP contribution in [0, 0.1) is 5.92 Å². The smallest absolute Gasteiger partial charge is 0.164 e. The van der Waals surface area contributed by atoms with E-state index in [4.69, 9.17) is 9.47 Å². The largest absolute Gasteiger partial charge is 0.493 e. The van der Waals surface area contributed by atoms with Crippen LogP contribution >= 0.6 is 0 Å². The van der Waals surface area contributed by atoms with Gasteiger partial charge in [-0.15, -0.1) is 0 Å². The first-order valence-electron chi connectivity index (χ1n) is 10.7.